The van der Waals surface area contributed by atoms with E-state index < -0.39 is 0 Å². The average molecular weight is 233 g/mol. The van der Waals surface area contributed by atoms with Gasteiger partial charge in [0.1, 0.15) is 5.82 Å². The molecule has 0 aliphatic carbocycles. The maximum Gasteiger partial charge on any atom is 0.123 e. The van der Waals surface area contributed by atoms with Gasteiger partial charge in [0.25, 0.3) is 0 Å². The molecule has 0 aliphatic rings. The molecule has 17 heavy (non-hydrogen) atoms. The maximum atomic E-state index is 13.1. The van der Waals surface area contributed by atoms with Crippen molar-refractivity contribution in [1.82, 2.24) is 9.78 Å². The molecule has 0 spiro atoms. The van der Waals surface area contributed by atoms with Gasteiger partial charge in [-0.2, -0.15) is 5.10 Å². The van der Waals surface area contributed by atoms with E-state index in [4.69, 9.17) is 5.73 Å². The quantitative estimate of drug-likeness (QED) is 0.810. The van der Waals surface area contributed by atoms with Gasteiger partial charge in [-0.25, -0.2) is 4.39 Å². The van der Waals surface area contributed by atoms with Crippen LogP contribution in [-0.4, -0.2) is 9.78 Å². The molecule has 3 nitrogen and oxygen atoms in total. The van der Waals surface area contributed by atoms with Crippen molar-refractivity contribution in [3.05, 3.63) is 46.5 Å². The van der Waals surface area contributed by atoms with Crippen LogP contribution in [0.5, 0.6) is 0 Å². The molecule has 0 unspecified atom stereocenters. The topological polar surface area (TPSA) is 43.8 Å². The number of hydrogen-bond donors (Lipinski definition) is 1. The molecule has 0 aliphatic heterocycles. The van der Waals surface area contributed by atoms with Crippen LogP contribution in [-0.2, 0) is 6.54 Å². The molecule has 0 fully saturated rings. The lowest BCUT2D eigenvalue weighted by Gasteiger charge is -2.08. The minimum absolute atomic E-state index is 0.271. The molecule has 1 aromatic heterocycles. The van der Waals surface area contributed by atoms with Crippen molar-refractivity contribution in [1.29, 1.82) is 0 Å². The van der Waals surface area contributed by atoms with Gasteiger partial charge in [-0.3, -0.25) is 4.68 Å². The third-order valence-corrected chi connectivity index (χ3v) is 3.17. The van der Waals surface area contributed by atoms with Crippen molar-refractivity contribution < 1.29 is 4.39 Å². The van der Waals surface area contributed by atoms with Gasteiger partial charge < -0.3 is 5.73 Å². The van der Waals surface area contributed by atoms with Crippen LogP contribution in [0.2, 0.25) is 0 Å². The van der Waals surface area contributed by atoms with Gasteiger partial charge in [-0.05, 0) is 50.1 Å². The molecule has 2 rings (SSSR count). The number of rotatable bonds is 2. The Kier molecular flexibility index (Phi) is 2.88. The third-order valence-electron chi connectivity index (χ3n) is 3.17. The van der Waals surface area contributed by atoms with E-state index in [0.717, 1.165) is 17.0 Å². The summed E-state index contributed by atoms with van der Waals surface area (Å²) < 4.78 is 15.0. The van der Waals surface area contributed by atoms with Crippen molar-refractivity contribution in [2.24, 2.45) is 0 Å². The van der Waals surface area contributed by atoms with Crippen LogP contribution in [0.15, 0.2) is 18.2 Å². The summed E-state index contributed by atoms with van der Waals surface area (Å²) >= 11 is 0. The average Bonchev–Trinajstić information content (AvgIpc) is 2.52. The summed E-state index contributed by atoms with van der Waals surface area (Å²) in [7, 11) is 0. The van der Waals surface area contributed by atoms with Crippen LogP contribution in [0.1, 0.15) is 22.5 Å². The number of aromatic nitrogens is 2. The van der Waals surface area contributed by atoms with Crippen LogP contribution >= 0.6 is 0 Å². The zero-order chi connectivity index (χ0) is 12.6. The van der Waals surface area contributed by atoms with Gasteiger partial charge in [-0.1, -0.05) is 0 Å². The molecule has 0 amide bonds. The van der Waals surface area contributed by atoms with Crippen LogP contribution in [0.4, 0.5) is 10.1 Å². The van der Waals surface area contributed by atoms with Gasteiger partial charge in [0, 0.05) is 11.4 Å². The smallest absolute Gasteiger partial charge is 0.123 e. The highest BCUT2D eigenvalue weighted by atomic mass is 19.1. The fourth-order valence-electron chi connectivity index (χ4n) is 1.81. The van der Waals surface area contributed by atoms with Crippen LogP contribution in [0.3, 0.4) is 0 Å². The molecule has 0 saturated carbocycles. The first-order valence-corrected chi connectivity index (χ1v) is 5.53. The minimum atomic E-state index is -0.271. The fraction of sp³-hybridized carbons (Fsp3) is 0.308. The first-order chi connectivity index (χ1) is 7.99. The number of benzene rings is 1. The summed E-state index contributed by atoms with van der Waals surface area (Å²) in [4.78, 5) is 0. The Balaban J connectivity index is 2.37. The predicted octanol–water partition coefficient (Wildman–Crippen LogP) is 2.58. The Bertz CT molecular complexity index is 558. The predicted molar refractivity (Wildman–Crippen MR) is 66.4 cm³/mol. The lowest BCUT2D eigenvalue weighted by atomic mass is 10.1. The largest absolute Gasteiger partial charge is 0.398 e. The van der Waals surface area contributed by atoms with Gasteiger partial charge in [-0.15, -0.1) is 0 Å². The van der Waals surface area contributed by atoms with Crippen LogP contribution in [0, 0.1) is 26.6 Å². The number of nitrogens with zero attached hydrogens (tertiary/aromatic N) is 2. The zero-order valence-electron chi connectivity index (χ0n) is 10.3. The summed E-state index contributed by atoms with van der Waals surface area (Å²) in [6.45, 7) is 6.51. The summed E-state index contributed by atoms with van der Waals surface area (Å²) in [6.07, 6.45) is 0. The zero-order valence-corrected chi connectivity index (χ0v) is 10.3. The number of halogens is 1. The van der Waals surface area contributed by atoms with Gasteiger partial charge >= 0.3 is 0 Å². The van der Waals surface area contributed by atoms with E-state index in [9.17, 15) is 4.39 Å². The highest BCUT2D eigenvalue weighted by Crippen LogP contribution is 2.17. The van der Waals surface area contributed by atoms with Crippen molar-refractivity contribution in [3.8, 4) is 0 Å². The number of anilines is 1. The SMILES string of the molecule is Cc1nn(Cc2cc(F)ccc2N)c(C)c1C. The van der Waals surface area contributed by atoms with E-state index in [1.54, 1.807) is 6.07 Å². The summed E-state index contributed by atoms with van der Waals surface area (Å²) in [5, 5.41) is 4.41. The molecule has 2 N–H and O–H groups in total. The molecule has 0 radical (unpaired) electrons. The summed E-state index contributed by atoms with van der Waals surface area (Å²) in [5.41, 5.74) is 10.4. The standard InChI is InChI=1S/C13H16FN3/c1-8-9(2)16-17(10(8)3)7-11-6-12(14)4-5-13(11)15/h4-6H,7,15H2,1-3H3. The molecule has 1 aromatic carbocycles. The van der Waals surface area contributed by atoms with E-state index in [0.29, 0.717) is 12.2 Å². The molecule has 0 saturated heterocycles. The lowest BCUT2D eigenvalue weighted by molar-refractivity contribution is 0.616. The molecule has 2 aromatic rings. The first-order valence-electron chi connectivity index (χ1n) is 5.53. The van der Waals surface area contributed by atoms with Crippen LogP contribution in [0.25, 0.3) is 0 Å². The minimum Gasteiger partial charge on any atom is -0.398 e. The van der Waals surface area contributed by atoms with Crippen LogP contribution < -0.4 is 5.73 Å². The number of aryl methyl sites for hydroxylation is 1. The molecule has 4 heteroatoms. The molecule has 90 valence electrons. The van der Waals surface area contributed by atoms with E-state index in [-0.39, 0.29) is 5.82 Å². The monoisotopic (exact) mass is 233 g/mol. The number of nitrogens with two attached hydrogens (primary N) is 1. The van der Waals surface area contributed by atoms with E-state index >= 15 is 0 Å². The molecule has 0 bridgehead atoms. The lowest BCUT2D eigenvalue weighted by Crippen LogP contribution is -2.07. The van der Waals surface area contributed by atoms with E-state index in [1.165, 1.54) is 17.7 Å². The van der Waals surface area contributed by atoms with Crippen molar-refractivity contribution in [3.63, 3.8) is 0 Å². The molecular formula is C13H16FN3. The van der Waals surface area contributed by atoms with Gasteiger partial charge in [0.15, 0.2) is 0 Å². The Labute approximate surface area is 100 Å². The molecular weight excluding hydrogens is 217 g/mol. The first kappa shape index (κ1) is 11.6. The summed E-state index contributed by atoms with van der Waals surface area (Å²) in [5.74, 6) is -0.271. The second-order valence-corrected chi connectivity index (χ2v) is 4.30. The fourth-order valence-corrected chi connectivity index (χ4v) is 1.81. The normalized spacial score (nSPS) is 10.8. The number of nitrogen functional groups attached to an aromatic ring is 1. The van der Waals surface area contributed by atoms with Crippen molar-refractivity contribution >= 4 is 5.69 Å². The summed E-state index contributed by atoms with van der Waals surface area (Å²) in [6, 6.07) is 4.41. The maximum absolute atomic E-state index is 13.1. The Morgan fingerprint density at radius 3 is 2.59 bits per heavy atom. The third kappa shape index (κ3) is 2.16. The van der Waals surface area contributed by atoms with Crippen molar-refractivity contribution in [2.45, 2.75) is 27.3 Å². The van der Waals surface area contributed by atoms with Crippen molar-refractivity contribution in [2.75, 3.05) is 5.73 Å². The van der Waals surface area contributed by atoms with E-state index in [1.807, 2.05) is 25.5 Å². The Hall–Kier alpha value is -1.84. The second-order valence-electron chi connectivity index (χ2n) is 4.30. The number of hydrogen-bond acceptors (Lipinski definition) is 2. The highest BCUT2D eigenvalue weighted by Gasteiger charge is 2.09. The Morgan fingerprint density at radius 1 is 1.29 bits per heavy atom. The van der Waals surface area contributed by atoms with Gasteiger partial charge in [0.2, 0.25) is 0 Å². The highest BCUT2D eigenvalue weighted by molar-refractivity contribution is 5.47. The second kappa shape index (κ2) is 4.20. The van der Waals surface area contributed by atoms with Gasteiger partial charge in [0.05, 0.1) is 12.2 Å². The molecule has 1 heterocycles. The molecule has 0 atom stereocenters. The Morgan fingerprint density at radius 2 is 2.00 bits per heavy atom. The van der Waals surface area contributed by atoms with E-state index in [2.05, 4.69) is 5.10 Å².